The summed E-state index contributed by atoms with van der Waals surface area (Å²) >= 11 is 1.57. The lowest BCUT2D eigenvalue weighted by Gasteiger charge is -2.35. The molecule has 4 nitrogen and oxygen atoms in total. The third-order valence-corrected chi connectivity index (χ3v) is 4.97. The van der Waals surface area contributed by atoms with E-state index in [0.717, 1.165) is 28.9 Å². The van der Waals surface area contributed by atoms with E-state index in [1.807, 2.05) is 34.7 Å². The second-order valence-electron chi connectivity index (χ2n) is 5.34. The van der Waals surface area contributed by atoms with Crippen LogP contribution in [0, 0.1) is 0 Å². The number of hydrogen-bond acceptors (Lipinski definition) is 3. The van der Waals surface area contributed by atoms with Crippen LogP contribution in [0.3, 0.4) is 0 Å². The monoisotopic (exact) mass is 297 g/mol. The highest BCUT2D eigenvalue weighted by Gasteiger charge is 2.28. The number of rotatable bonds is 1. The van der Waals surface area contributed by atoms with Crippen LogP contribution in [0.25, 0.3) is 10.2 Å². The van der Waals surface area contributed by atoms with Crippen molar-refractivity contribution < 1.29 is 4.79 Å². The van der Waals surface area contributed by atoms with Gasteiger partial charge in [0.2, 0.25) is 0 Å². The third-order valence-electron chi connectivity index (χ3n) is 4.18. The van der Waals surface area contributed by atoms with Crippen molar-refractivity contribution in [3.8, 4) is 0 Å². The summed E-state index contributed by atoms with van der Waals surface area (Å²) in [4.78, 5) is 19.0. The Balaban J connectivity index is 1.68. The molecule has 1 aliphatic rings. The van der Waals surface area contributed by atoms with Gasteiger partial charge in [0.15, 0.2) is 0 Å². The number of amides is 1. The summed E-state index contributed by atoms with van der Waals surface area (Å²) in [6.45, 7) is 3.71. The topological polar surface area (TPSA) is 38.1 Å². The van der Waals surface area contributed by atoms with Crippen molar-refractivity contribution in [2.75, 3.05) is 6.54 Å². The summed E-state index contributed by atoms with van der Waals surface area (Å²) in [6, 6.07) is 10.0. The molecule has 3 heterocycles. The average Bonchev–Trinajstić information content (AvgIpc) is 3.15. The van der Waals surface area contributed by atoms with Gasteiger partial charge in [-0.15, -0.1) is 11.3 Å². The molecule has 4 rings (SSSR count). The van der Waals surface area contributed by atoms with E-state index in [4.69, 9.17) is 0 Å². The fourth-order valence-corrected chi connectivity index (χ4v) is 3.73. The molecule has 5 heteroatoms. The van der Waals surface area contributed by atoms with Crippen LogP contribution in [0.5, 0.6) is 0 Å². The van der Waals surface area contributed by atoms with Crippen LogP contribution in [0.1, 0.15) is 29.0 Å². The zero-order valence-electron chi connectivity index (χ0n) is 11.7. The van der Waals surface area contributed by atoms with Gasteiger partial charge < -0.3 is 9.47 Å². The van der Waals surface area contributed by atoms with E-state index in [-0.39, 0.29) is 11.9 Å². The first kappa shape index (κ1) is 12.6. The zero-order chi connectivity index (χ0) is 14.4. The number of hydrogen-bond donors (Lipinski definition) is 0. The van der Waals surface area contributed by atoms with E-state index < -0.39 is 0 Å². The minimum absolute atomic E-state index is 0.102. The van der Waals surface area contributed by atoms with Gasteiger partial charge in [0.1, 0.15) is 0 Å². The van der Waals surface area contributed by atoms with Gasteiger partial charge in [-0.25, -0.2) is 4.98 Å². The van der Waals surface area contributed by atoms with Gasteiger partial charge in [-0.3, -0.25) is 4.79 Å². The lowest BCUT2D eigenvalue weighted by Crippen LogP contribution is -2.40. The Morgan fingerprint density at radius 2 is 2.24 bits per heavy atom. The molecular weight excluding hydrogens is 282 g/mol. The first-order valence-corrected chi connectivity index (χ1v) is 7.91. The van der Waals surface area contributed by atoms with Crippen molar-refractivity contribution in [1.82, 2.24) is 14.5 Å². The smallest absolute Gasteiger partial charge is 0.254 e. The van der Waals surface area contributed by atoms with E-state index in [1.54, 1.807) is 11.3 Å². The minimum Gasteiger partial charge on any atom is -0.348 e. The lowest BCUT2D eigenvalue weighted by molar-refractivity contribution is 0.0644. The standard InChI is InChI=1S/C16H15N3OS/c1-11-14-3-2-6-18(14)7-8-19(11)16(20)12-4-5-13-15(9-12)21-10-17-13/h2-6,9-11H,7-8H2,1H3/t11-/m1/s1. The molecule has 0 aliphatic carbocycles. The summed E-state index contributed by atoms with van der Waals surface area (Å²) in [5, 5.41) is 0. The highest BCUT2D eigenvalue weighted by atomic mass is 32.1. The second-order valence-corrected chi connectivity index (χ2v) is 6.22. The molecule has 0 radical (unpaired) electrons. The summed E-state index contributed by atoms with van der Waals surface area (Å²) in [7, 11) is 0. The van der Waals surface area contributed by atoms with Crippen LogP contribution in [-0.4, -0.2) is 26.9 Å². The number of carbonyl (C=O) groups is 1. The molecule has 106 valence electrons. The van der Waals surface area contributed by atoms with Crippen molar-refractivity contribution in [2.45, 2.75) is 19.5 Å². The molecule has 1 aliphatic heterocycles. The molecule has 0 saturated carbocycles. The Morgan fingerprint density at radius 1 is 1.33 bits per heavy atom. The van der Waals surface area contributed by atoms with Crippen LogP contribution in [0.4, 0.5) is 0 Å². The number of carbonyl (C=O) groups excluding carboxylic acids is 1. The highest BCUT2D eigenvalue weighted by molar-refractivity contribution is 7.16. The largest absolute Gasteiger partial charge is 0.348 e. The maximum Gasteiger partial charge on any atom is 0.254 e. The molecule has 1 atom stereocenters. The van der Waals surface area contributed by atoms with Crippen LogP contribution < -0.4 is 0 Å². The van der Waals surface area contributed by atoms with Crippen molar-refractivity contribution in [3.63, 3.8) is 0 Å². The Morgan fingerprint density at radius 3 is 3.14 bits per heavy atom. The van der Waals surface area contributed by atoms with Gasteiger partial charge in [-0.1, -0.05) is 0 Å². The number of nitrogens with zero attached hydrogens (tertiary/aromatic N) is 3. The molecule has 0 saturated heterocycles. The molecule has 1 amide bonds. The molecule has 0 unspecified atom stereocenters. The van der Waals surface area contributed by atoms with Crippen molar-refractivity contribution >= 4 is 27.5 Å². The normalized spacial score (nSPS) is 18.0. The van der Waals surface area contributed by atoms with Crippen LogP contribution >= 0.6 is 11.3 Å². The summed E-state index contributed by atoms with van der Waals surface area (Å²) < 4.78 is 3.29. The molecule has 0 fully saturated rings. The Bertz CT molecular complexity index is 820. The van der Waals surface area contributed by atoms with Crippen molar-refractivity contribution in [3.05, 3.63) is 53.3 Å². The number of benzene rings is 1. The first-order chi connectivity index (χ1) is 10.2. The predicted octanol–water partition coefficient (Wildman–Crippen LogP) is 3.31. The van der Waals surface area contributed by atoms with E-state index >= 15 is 0 Å². The highest BCUT2D eigenvalue weighted by Crippen LogP contribution is 2.28. The minimum atomic E-state index is 0.102. The maximum absolute atomic E-state index is 12.8. The number of thiazole rings is 1. The SMILES string of the molecule is C[C@@H]1c2cccn2CCN1C(=O)c1ccc2ncsc2c1. The Labute approximate surface area is 126 Å². The maximum atomic E-state index is 12.8. The lowest BCUT2D eigenvalue weighted by atomic mass is 10.1. The van der Waals surface area contributed by atoms with Gasteiger partial charge in [-0.05, 0) is 37.3 Å². The van der Waals surface area contributed by atoms with E-state index in [9.17, 15) is 4.79 Å². The molecule has 0 spiro atoms. The molecule has 0 N–H and O–H groups in total. The van der Waals surface area contributed by atoms with Crippen LogP contribution in [0.2, 0.25) is 0 Å². The summed E-state index contributed by atoms with van der Waals surface area (Å²) in [5.74, 6) is 0.102. The molecule has 0 bridgehead atoms. The molecule has 2 aromatic heterocycles. The summed E-state index contributed by atoms with van der Waals surface area (Å²) in [6.07, 6.45) is 2.08. The van der Waals surface area contributed by atoms with Gasteiger partial charge in [0, 0.05) is 30.5 Å². The quantitative estimate of drug-likeness (QED) is 0.691. The first-order valence-electron chi connectivity index (χ1n) is 7.03. The average molecular weight is 297 g/mol. The van der Waals surface area contributed by atoms with Gasteiger partial charge in [0.05, 0.1) is 21.8 Å². The Kier molecular flexibility index (Phi) is 2.82. The molecular formula is C16H15N3OS. The van der Waals surface area contributed by atoms with Crippen LogP contribution in [-0.2, 0) is 6.54 Å². The zero-order valence-corrected chi connectivity index (χ0v) is 12.5. The second kappa shape index (κ2) is 4.70. The van der Waals surface area contributed by atoms with Gasteiger partial charge >= 0.3 is 0 Å². The van der Waals surface area contributed by atoms with Gasteiger partial charge in [-0.2, -0.15) is 0 Å². The Hall–Kier alpha value is -2.14. The van der Waals surface area contributed by atoms with E-state index in [0.29, 0.717) is 0 Å². The van der Waals surface area contributed by atoms with Crippen molar-refractivity contribution in [2.24, 2.45) is 0 Å². The third kappa shape index (κ3) is 1.96. The predicted molar refractivity (Wildman–Crippen MR) is 83.5 cm³/mol. The van der Waals surface area contributed by atoms with E-state index in [1.165, 1.54) is 5.69 Å². The number of aromatic nitrogens is 2. The van der Waals surface area contributed by atoms with Gasteiger partial charge in [0.25, 0.3) is 5.91 Å². The fraction of sp³-hybridized carbons (Fsp3) is 0.250. The van der Waals surface area contributed by atoms with Crippen LogP contribution in [0.15, 0.2) is 42.0 Å². The van der Waals surface area contributed by atoms with E-state index in [2.05, 4.69) is 28.7 Å². The number of fused-ring (bicyclic) bond motifs is 2. The molecule has 1 aromatic carbocycles. The fourth-order valence-electron chi connectivity index (χ4n) is 3.01. The summed E-state index contributed by atoms with van der Waals surface area (Å²) in [5.41, 5.74) is 4.72. The molecule has 3 aromatic rings. The van der Waals surface area contributed by atoms with Crippen molar-refractivity contribution in [1.29, 1.82) is 0 Å². The molecule has 21 heavy (non-hydrogen) atoms.